The maximum Gasteiger partial charge on any atom is 0.211 e. The highest BCUT2D eigenvalue weighted by atomic mass is 32.2. The normalized spacial score (nSPS) is 25.0. The number of ether oxygens (including phenoxy) is 1. The maximum atomic E-state index is 11.1. The van der Waals surface area contributed by atoms with E-state index in [0.717, 1.165) is 13.1 Å². The van der Waals surface area contributed by atoms with Gasteiger partial charge in [-0.3, -0.25) is 0 Å². The van der Waals surface area contributed by atoms with E-state index in [-0.39, 0.29) is 6.10 Å². The van der Waals surface area contributed by atoms with Gasteiger partial charge in [-0.05, 0) is 0 Å². The lowest BCUT2D eigenvalue weighted by Crippen LogP contribution is -2.45. The van der Waals surface area contributed by atoms with E-state index in [2.05, 4.69) is 5.32 Å². The first-order valence-corrected chi connectivity index (χ1v) is 6.08. The Morgan fingerprint density at radius 2 is 2.31 bits per heavy atom. The molecule has 0 radical (unpaired) electrons. The fraction of sp³-hybridized carbons (Fsp3) is 1.00. The van der Waals surface area contributed by atoms with Crippen LogP contribution in [-0.2, 0) is 14.8 Å². The molecule has 1 unspecified atom stereocenters. The third kappa shape index (κ3) is 3.60. The second-order valence-electron chi connectivity index (χ2n) is 3.24. The summed E-state index contributed by atoms with van der Waals surface area (Å²) >= 11 is 0. The molecule has 0 aromatic heterocycles. The van der Waals surface area contributed by atoms with Gasteiger partial charge in [-0.15, -0.1) is 0 Å². The van der Waals surface area contributed by atoms with Crippen LogP contribution in [0.5, 0.6) is 0 Å². The van der Waals surface area contributed by atoms with Crippen molar-refractivity contribution in [3.8, 4) is 0 Å². The van der Waals surface area contributed by atoms with Crippen molar-refractivity contribution in [1.29, 1.82) is 0 Å². The number of likely N-dealkylation sites (N-methyl/N-ethyl adjacent to an activating group) is 1. The summed E-state index contributed by atoms with van der Waals surface area (Å²) in [6.07, 6.45) is 1.18. The second kappa shape index (κ2) is 4.36. The van der Waals surface area contributed by atoms with Crippen LogP contribution in [0.1, 0.15) is 0 Å². The van der Waals surface area contributed by atoms with Gasteiger partial charge in [0.1, 0.15) is 0 Å². The number of nitrogens with one attached hydrogen (secondary N) is 1. The lowest BCUT2D eigenvalue weighted by molar-refractivity contribution is 0.0207. The number of nitrogens with zero attached hydrogens (tertiary/aromatic N) is 1. The lowest BCUT2D eigenvalue weighted by Gasteiger charge is -2.26. The highest BCUT2D eigenvalue weighted by molar-refractivity contribution is 7.88. The summed E-state index contributed by atoms with van der Waals surface area (Å²) in [5.74, 6) is 0. The van der Waals surface area contributed by atoms with Gasteiger partial charge in [-0.1, -0.05) is 0 Å². The summed E-state index contributed by atoms with van der Waals surface area (Å²) in [6.45, 7) is 2.65. The third-order valence-electron chi connectivity index (χ3n) is 2.03. The largest absolute Gasteiger partial charge is 0.374 e. The summed E-state index contributed by atoms with van der Waals surface area (Å²) in [4.78, 5) is 0. The van der Waals surface area contributed by atoms with Gasteiger partial charge in [0.05, 0.1) is 19.0 Å². The molecule has 1 N–H and O–H groups in total. The molecule has 5 nitrogen and oxygen atoms in total. The summed E-state index contributed by atoms with van der Waals surface area (Å²) in [7, 11) is -1.51. The molecule has 0 aromatic rings. The Labute approximate surface area is 79.1 Å². The number of hydrogen-bond donors (Lipinski definition) is 1. The standard InChI is InChI=1S/C7H16N2O3S/c1-9(13(2,10)11)6-7-5-8-3-4-12-7/h7-8H,3-6H2,1-2H3. The molecule has 0 saturated carbocycles. The topological polar surface area (TPSA) is 58.6 Å². The van der Waals surface area contributed by atoms with E-state index in [1.807, 2.05) is 0 Å². The molecule has 13 heavy (non-hydrogen) atoms. The molecule has 1 heterocycles. The summed E-state index contributed by atoms with van der Waals surface area (Å²) in [5, 5.41) is 3.15. The summed E-state index contributed by atoms with van der Waals surface area (Å²) in [6, 6.07) is 0. The molecule has 0 aromatic carbocycles. The quantitative estimate of drug-likeness (QED) is 0.637. The van der Waals surface area contributed by atoms with Crippen LogP contribution in [0.3, 0.4) is 0 Å². The van der Waals surface area contributed by atoms with Crippen molar-refractivity contribution in [3.63, 3.8) is 0 Å². The van der Waals surface area contributed by atoms with Gasteiger partial charge < -0.3 is 10.1 Å². The van der Waals surface area contributed by atoms with Gasteiger partial charge in [0.2, 0.25) is 10.0 Å². The fourth-order valence-corrected chi connectivity index (χ4v) is 1.60. The monoisotopic (exact) mass is 208 g/mol. The number of morpholine rings is 1. The minimum atomic E-state index is -3.08. The Morgan fingerprint density at radius 1 is 1.62 bits per heavy atom. The van der Waals surface area contributed by atoms with Crippen molar-refractivity contribution in [1.82, 2.24) is 9.62 Å². The van der Waals surface area contributed by atoms with Crippen molar-refractivity contribution in [2.45, 2.75) is 6.10 Å². The van der Waals surface area contributed by atoms with Gasteiger partial charge in [0, 0.05) is 26.7 Å². The predicted octanol–water partition coefficient (Wildman–Crippen LogP) is -1.13. The molecular weight excluding hydrogens is 192 g/mol. The summed E-state index contributed by atoms with van der Waals surface area (Å²) in [5.41, 5.74) is 0. The SMILES string of the molecule is CN(CC1CNCCO1)S(C)(=O)=O. The van der Waals surface area contributed by atoms with E-state index in [0.29, 0.717) is 13.2 Å². The van der Waals surface area contributed by atoms with E-state index in [9.17, 15) is 8.42 Å². The Kier molecular flexibility index (Phi) is 3.66. The average Bonchev–Trinajstić information content (AvgIpc) is 2.04. The van der Waals surface area contributed by atoms with Crippen LogP contribution in [-0.4, -0.2) is 58.4 Å². The molecule has 1 atom stereocenters. The van der Waals surface area contributed by atoms with E-state index in [1.165, 1.54) is 10.6 Å². The van der Waals surface area contributed by atoms with Crippen LogP contribution < -0.4 is 5.32 Å². The molecule has 0 amide bonds. The van der Waals surface area contributed by atoms with Crippen molar-refractivity contribution in [3.05, 3.63) is 0 Å². The van der Waals surface area contributed by atoms with E-state index in [4.69, 9.17) is 4.74 Å². The molecule has 6 heteroatoms. The van der Waals surface area contributed by atoms with E-state index < -0.39 is 10.0 Å². The lowest BCUT2D eigenvalue weighted by atomic mass is 10.3. The smallest absolute Gasteiger partial charge is 0.211 e. The first kappa shape index (κ1) is 10.9. The summed E-state index contributed by atoms with van der Waals surface area (Å²) < 4.78 is 28.8. The van der Waals surface area contributed by atoms with Gasteiger partial charge >= 0.3 is 0 Å². The molecule has 0 spiro atoms. The number of hydrogen-bond acceptors (Lipinski definition) is 4. The molecule has 1 saturated heterocycles. The van der Waals surface area contributed by atoms with Gasteiger partial charge in [-0.25, -0.2) is 12.7 Å². The van der Waals surface area contributed by atoms with Gasteiger partial charge in [0.25, 0.3) is 0 Å². The Hall–Kier alpha value is -0.170. The zero-order chi connectivity index (χ0) is 9.90. The van der Waals surface area contributed by atoms with Crippen molar-refractivity contribution < 1.29 is 13.2 Å². The Bertz CT molecular complexity index is 246. The Balaban J connectivity index is 2.39. The van der Waals surface area contributed by atoms with Crippen LogP contribution >= 0.6 is 0 Å². The first-order valence-electron chi connectivity index (χ1n) is 4.24. The molecular formula is C7H16N2O3S. The van der Waals surface area contributed by atoms with Crippen LogP contribution in [0, 0.1) is 0 Å². The zero-order valence-corrected chi connectivity index (χ0v) is 8.80. The highest BCUT2D eigenvalue weighted by Gasteiger charge is 2.19. The molecule has 0 aliphatic carbocycles. The minimum Gasteiger partial charge on any atom is -0.374 e. The molecule has 1 rings (SSSR count). The average molecular weight is 208 g/mol. The molecule has 1 aliphatic rings. The maximum absolute atomic E-state index is 11.1. The van der Waals surface area contributed by atoms with Crippen LogP contribution in [0.4, 0.5) is 0 Å². The van der Waals surface area contributed by atoms with Crippen LogP contribution in [0.2, 0.25) is 0 Å². The molecule has 78 valence electrons. The third-order valence-corrected chi connectivity index (χ3v) is 3.31. The minimum absolute atomic E-state index is 0.0199. The second-order valence-corrected chi connectivity index (χ2v) is 5.33. The number of sulfonamides is 1. The van der Waals surface area contributed by atoms with Crippen molar-refractivity contribution >= 4 is 10.0 Å². The first-order chi connectivity index (χ1) is 6.00. The predicted molar refractivity (Wildman–Crippen MR) is 50.1 cm³/mol. The molecule has 1 fully saturated rings. The molecule has 0 bridgehead atoms. The van der Waals surface area contributed by atoms with Gasteiger partial charge in [-0.2, -0.15) is 0 Å². The van der Waals surface area contributed by atoms with Crippen LogP contribution in [0.25, 0.3) is 0 Å². The molecule has 1 aliphatic heterocycles. The van der Waals surface area contributed by atoms with Crippen LogP contribution in [0.15, 0.2) is 0 Å². The zero-order valence-electron chi connectivity index (χ0n) is 7.99. The number of rotatable bonds is 3. The Morgan fingerprint density at radius 3 is 2.77 bits per heavy atom. The van der Waals surface area contributed by atoms with Crippen molar-refractivity contribution in [2.24, 2.45) is 0 Å². The fourth-order valence-electron chi connectivity index (χ4n) is 1.16. The van der Waals surface area contributed by atoms with Gasteiger partial charge in [0.15, 0.2) is 0 Å². The van der Waals surface area contributed by atoms with E-state index >= 15 is 0 Å². The van der Waals surface area contributed by atoms with Crippen molar-refractivity contribution in [2.75, 3.05) is 39.5 Å². The van der Waals surface area contributed by atoms with E-state index in [1.54, 1.807) is 7.05 Å². The highest BCUT2D eigenvalue weighted by Crippen LogP contribution is 2.01.